The summed E-state index contributed by atoms with van der Waals surface area (Å²) in [6, 6.07) is 10.6. The zero-order valence-electron chi connectivity index (χ0n) is 17.2. The van der Waals surface area contributed by atoms with Crippen molar-refractivity contribution in [1.82, 2.24) is 9.55 Å². The van der Waals surface area contributed by atoms with E-state index in [-0.39, 0.29) is 12.0 Å². The van der Waals surface area contributed by atoms with Crippen LogP contribution in [0.25, 0.3) is 11.0 Å². The van der Waals surface area contributed by atoms with E-state index in [0.29, 0.717) is 29.2 Å². The Kier molecular flexibility index (Phi) is 6.69. The van der Waals surface area contributed by atoms with Gasteiger partial charge in [0.2, 0.25) is 5.43 Å². The maximum atomic E-state index is 12.8. The SMILES string of the molecule is CC.CCn1cc(C#CCO)c(=O)c2cc(NC3Cc4ccccc4C3)cnc21. The Labute approximate surface area is 171 Å². The quantitative estimate of drug-likeness (QED) is 0.674. The molecular weight excluding hydrogens is 362 g/mol. The van der Waals surface area contributed by atoms with Crippen molar-refractivity contribution < 1.29 is 5.11 Å². The molecule has 29 heavy (non-hydrogen) atoms. The smallest absolute Gasteiger partial charge is 0.206 e. The van der Waals surface area contributed by atoms with E-state index in [0.717, 1.165) is 18.5 Å². The summed E-state index contributed by atoms with van der Waals surface area (Å²) in [6.07, 6.45) is 5.43. The number of fused-ring (bicyclic) bond motifs is 2. The first-order chi connectivity index (χ1) is 14.2. The Bertz CT molecular complexity index is 1100. The first-order valence-corrected chi connectivity index (χ1v) is 10.2. The van der Waals surface area contributed by atoms with Gasteiger partial charge in [0.1, 0.15) is 12.3 Å². The lowest BCUT2D eigenvalue weighted by molar-refractivity contribution is 0.350. The van der Waals surface area contributed by atoms with Gasteiger partial charge in [-0.25, -0.2) is 4.98 Å². The monoisotopic (exact) mass is 389 g/mol. The molecule has 0 saturated carbocycles. The lowest BCUT2D eigenvalue weighted by Crippen LogP contribution is -2.20. The van der Waals surface area contributed by atoms with Gasteiger partial charge in [0.05, 0.1) is 22.8 Å². The first-order valence-electron chi connectivity index (χ1n) is 10.2. The van der Waals surface area contributed by atoms with Gasteiger partial charge in [-0.1, -0.05) is 50.0 Å². The third-order valence-electron chi connectivity index (χ3n) is 4.98. The highest BCUT2D eigenvalue weighted by atomic mass is 16.2. The number of hydrogen-bond donors (Lipinski definition) is 2. The van der Waals surface area contributed by atoms with Crippen LogP contribution in [0.15, 0.2) is 47.5 Å². The number of hydrogen-bond acceptors (Lipinski definition) is 4. The number of benzene rings is 1. The molecule has 0 spiro atoms. The van der Waals surface area contributed by atoms with E-state index in [4.69, 9.17) is 5.11 Å². The maximum Gasteiger partial charge on any atom is 0.206 e. The predicted molar refractivity (Wildman–Crippen MR) is 118 cm³/mol. The minimum atomic E-state index is -0.272. The number of nitrogens with one attached hydrogen (secondary N) is 1. The second kappa shape index (κ2) is 9.40. The molecule has 2 heterocycles. The molecule has 2 N–H and O–H groups in total. The molecule has 0 unspecified atom stereocenters. The second-order valence-corrected chi connectivity index (χ2v) is 6.73. The number of nitrogens with zero attached hydrogens (tertiary/aromatic N) is 2. The lowest BCUT2D eigenvalue weighted by Gasteiger charge is -2.15. The molecule has 150 valence electrons. The average Bonchev–Trinajstić information content (AvgIpc) is 3.17. The maximum absolute atomic E-state index is 12.8. The summed E-state index contributed by atoms with van der Waals surface area (Å²) < 4.78 is 1.91. The van der Waals surface area contributed by atoms with Crippen molar-refractivity contribution in [3.8, 4) is 11.8 Å². The van der Waals surface area contributed by atoms with E-state index >= 15 is 0 Å². The number of aryl methyl sites for hydroxylation is 1. The molecule has 0 bridgehead atoms. The van der Waals surface area contributed by atoms with Crippen LogP contribution in [0.4, 0.5) is 5.69 Å². The van der Waals surface area contributed by atoms with Crippen LogP contribution in [0.2, 0.25) is 0 Å². The van der Waals surface area contributed by atoms with E-state index in [1.165, 1.54) is 11.1 Å². The normalized spacial score (nSPS) is 12.6. The molecular formula is C24H27N3O2. The molecule has 0 amide bonds. The zero-order chi connectivity index (χ0) is 20.8. The highest BCUT2D eigenvalue weighted by Crippen LogP contribution is 2.25. The summed E-state index contributed by atoms with van der Waals surface area (Å²) >= 11 is 0. The highest BCUT2D eigenvalue weighted by Gasteiger charge is 2.21. The zero-order valence-corrected chi connectivity index (χ0v) is 17.2. The van der Waals surface area contributed by atoms with Gasteiger partial charge in [0.15, 0.2) is 0 Å². The number of aliphatic hydroxyl groups excluding tert-OH is 1. The van der Waals surface area contributed by atoms with Gasteiger partial charge in [0, 0.05) is 18.8 Å². The van der Waals surface area contributed by atoms with Crippen LogP contribution in [0.1, 0.15) is 37.5 Å². The average molecular weight is 389 g/mol. The number of rotatable bonds is 3. The van der Waals surface area contributed by atoms with Gasteiger partial charge in [-0.2, -0.15) is 0 Å². The molecule has 5 heteroatoms. The summed E-state index contributed by atoms with van der Waals surface area (Å²) in [5, 5.41) is 13.0. The molecule has 0 saturated heterocycles. The van der Waals surface area contributed by atoms with Gasteiger partial charge in [-0.3, -0.25) is 4.79 Å². The Morgan fingerprint density at radius 3 is 2.55 bits per heavy atom. The number of aliphatic hydroxyl groups is 1. The van der Waals surface area contributed by atoms with Crippen molar-refractivity contribution in [2.45, 2.75) is 46.2 Å². The third-order valence-corrected chi connectivity index (χ3v) is 4.98. The van der Waals surface area contributed by atoms with Crippen LogP contribution in [0.5, 0.6) is 0 Å². The van der Waals surface area contributed by atoms with Crippen molar-refractivity contribution in [3.63, 3.8) is 0 Å². The molecule has 3 aromatic rings. The standard InChI is InChI=1S/C22H21N3O2.C2H6/c1-2-25-14-17(8-5-9-26)21(27)20-12-19(13-23-22(20)25)24-18-10-15-6-3-4-7-16(15)11-18;1-2/h3-4,6-7,12-14,18,24,26H,2,9-11H2,1H3;1-2H3. The lowest BCUT2D eigenvalue weighted by atomic mass is 10.1. The summed E-state index contributed by atoms with van der Waals surface area (Å²) in [7, 11) is 0. The Morgan fingerprint density at radius 2 is 1.93 bits per heavy atom. The van der Waals surface area contributed by atoms with E-state index in [9.17, 15) is 4.79 Å². The van der Waals surface area contributed by atoms with E-state index in [1.807, 2.05) is 31.4 Å². The van der Waals surface area contributed by atoms with Gasteiger partial charge < -0.3 is 15.0 Å². The summed E-state index contributed by atoms with van der Waals surface area (Å²) in [4.78, 5) is 17.3. The van der Waals surface area contributed by atoms with Crippen LogP contribution in [0.3, 0.4) is 0 Å². The number of aromatic nitrogens is 2. The number of anilines is 1. The molecule has 0 atom stereocenters. The van der Waals surface area contributed by atoms with Crippen LogP contribution >= 0.6 is 0 Å². The van der Waals surface area contributed by atoms with Crippen LogP contribution in [-0.2, 0) is 19.4 Å². The topological polar surface area (TPSA) is 67.2 Å². The summed E-state index contributed by atoms with van der Waals surface area (Å²) in [5.74, 6) is 5.31. The molecule has 1 aliphatic carbocycles. The summed E-state index contributed by atoms with van der Waals surface area (Å²) in [6.45, 7) is 6.41. The van der Waals surface area contributed by atoms with Crippen molar-refractivity contribution in [3.05, 3.63) is 69.6 Å². The van der Waals surface area contributed by atoms with Gasteiger partial charge in [0.25, 0.3) is 0 Å². The molecule has 0 radical (unpaired) electrons. The van der Waals surface area contributed by atoms with E-state index < -0.39 is 0 Å². The fourth-order valence-electron chi connectivity index (χ4n) is 3.71. The third kappa shape index (κ3) is 4.33. The van der Waals surface area contributed by atoms with Crippen molar-refractivity contribution in [1.29, 1.82) is 0 Å². The Hall–Kier alpha value is -3.10. The number of pyridine rings is 2. The molecule has 5 nitrogen and oxygen atoms in total. The Balaban J connectivity index is 0.00000117. The van der Waals surface area contributed by atoms with Crippen molar-refractivity contribution >= 4 is 16.7 Å². The van der Waals surface area contributed by atoms with Crippen LogP contribution < -0.4 is 10.7 Å². The molecule has 1 aromatic carbocycles. The van der Waals surface area contributed by atoms with Gasteiger partial charge in [-0.15, -0.1) is 0 Å². The molecule has 0 fully saturated rings. The second-order valence-electron chi connectivity index (χ2n) is 6.73. The first kappa shape index (κ1) is 20.6. The Morgan fingerprint density at radius 1 is 1.24 bits per heavy atom. The predicted octanol–water partition coefficient (Wildman–Crippen LogP) is 3.37. The van der Waals surface area contributed by atoms with Crippen LogP contribution in [-0.4, -0.2) is 27.3 Å². The van der Waals surface area contributed by atoms with Crippen molar-refractivity contribution in [2.24, 2.45) is 0 Å². The van der Waals surface area contributed by atoms with E-state index in [1.54, 1.807) is 12.4 Å². The largest absolute Gasteiger partial charge is 0.384 e. The molecule has 2 aromatic heterocycles. The molecule has 0 aliphatic heterocycles. The molecule has 4 rings (SSSR count). The minimum Gasteiger partial charge on any atom is -0.384 e. The highest BCUT2D eigenvalue weighted by molar-refractivity contribution is 5.80. The fraction of sp³-hybridized carbons (Fsp3) is 0.333. The van der Waals surface area contributed by atoms with E-state index in [2.05, 4.69) is 46.4 Å². The van der Waals surface area contributed by atoms with Gasteiger partial charge in [-0.05, 0) is 37.0 Å². The van der Waals surface area contributed by atoms with Crippen molar-refractivity contribution in [2.75, 3.05) is 11.9 Å². The van der Waals surface area contributed by atoms with Crippen LogP contribution in [0, 0.1) is 11.8 Å². The molecule has 1 aliphatic rings. The summed E-state index contributed by atoms with van der Waals surface area (Å²) in [5.41, 5.74) is 4.47. The van der Waals surface area contributed by atoms with Gasteiger partial charge >= 0.3 is 0 Å². The minimum absolute atomic E-state index is 0.151. The fourth-order valence-corrected chi connectivity index (χ4v) is 3.71.